The Labute approximate surface area is 291 Å². The summed E-state index contributed by atoms with van der Waals surface area (Å²) in [6.07, 6.45) is -0.525. The third-order valence-electron chi connectivity index (χ3n) is 9.58. The van der Waals surface area contributed by atoms with Crippen molar-refractivity contribution in [3.8, 4) is 0 Å². The summed E-state index contributed by atoms with van der Waals surface area (Å²) in [5, 5.41) is 19.9. The summed E-state index contributed by atoms with van der Waals surface area (Å²) in [6.45, 7) is 9.57. The van der Waals surface area contributed by atoms with Crippen molar-refractivity contribution in [2.45, 2.75) is 103 Å². The minimum atomic E-state index is -3.90. The van der Waals surface area contributed by atoms with Gasteiger partial charge in [0.05, 0.1) is 42.4 Å². The molecule has 0 spiro atoms. The van der Waals surface area contributed by atoms with Crippen LogP contribution < -0.4 is 15.8 Å². The number of nitrogens with zero attached hydrogens (tertiary/aromatic N) is 2. The molecule has 0 unspecified atom stereocenters. The number of primary sulfonamides is 1. The number of hydrogen-bond acceptors (Lipinski definition) is 8. The molecule has 1 aromatic carbocycles. The Morgan fingerprint density at radius 2 is 1.69 bits per heavy atom. The number of nitrogens with one attached hydrogen (secondary N) is 2. The fraction of sp³-hybridized carbons (Fsp3) is 0.706. The van der Waals surface area contributed by atoms with Gasteiger partial charge in [0.15, 0.2) is 0 Å². The van der Waals surface area contributed by atoms with Crippen LogP contribution in [0.3, 0.4) is 0 Å². The monoisotopic (exact) mass is 711 g/mol. The lowest BCUT2D eigenvalue weighted by molar-refractivity contribution is -0.147. The molecule has 15 heteroatoms. The molecule has 49 heavy (non-hydrogen) atoms. The van der Waals surface area contributed by atoms with Gasteiger partial charge >= 0.3 is 6.09 Å². The van der Waals surface area contributed by atoms with Crippen LogP contribution >= 0.6 is 0 Å². The van der Waals surface area contributed by atoms with Gasteiger partial charge < -0.3 is 35.0 Å². The maximum absolute atomic E-state index is 14.0. The van der Waals surface area contributed by atoms with Gasteiger partial charge in [-0.15, -0.1) is 0 Å². The van der Waals surface area contributed by atoms with Crippen molar-refractivity contribution >= 4 is 33.8 Å². The molecule has 1 fully saturated rings. The van der Waals surface area contributed by atoms with E-state index < -0.39 is 76.0 Å². The molecule has 1 aromatic rings. The molecule has 14 nitrogen and oxygen atoms in total. The van der Waals surface area contributed by atoms with E-state index in [4.69, 9.17) is 14.6 Å². The first-order valence-corrected chi connectivity index (χ1v) is 18.6. The zero-order valence-electron chi connectivity index (χ0n) is 30.1. The molecule has 1 heterocycles. The molecular weight excluding hydrogens is 654 g/mol. The predicted molar refractivity (Wildman–Crippen MR) is 186 cm³/mol. The highest BCUT2D eigenvalue weighted by Crippen LogP contribution is 2.29. The second kappa shape index (κ2) is 19.2. The Balaban J connectivity index is 2.26. The average molecular weight is 712 g/mol. The normalized spacial score (nSPS) is 19.3. The molecule has 1 saturated heterocycles. The number of hydrogen-bond donors (Lipinski definition) is 4. The first-order chi connectivity index (χ1) is 22.9. The van der Waals surface area contributed by atoms with Crippen molar-refractivity contribution in [2.75, 3.05) is 33.6 Å². The summed E-state index contributed by atoms with van der Waals surface area (Å²) < 4.78 is 35.7. The van der Waals surface area contributed by atoms with E-state index in [0.29, 0.717) is 25.8 Å². The Bertz CT molecular complexity index is 1350. The molecule has 0 radical (unpaired) electrons. The molecule has 4 amide bonds. The standard InChI is InChI=1S/C34H57N5O9S/c1-9-22(4)30(38(6)33(42)29(21(2)3)37-34(43)44)27(47-7)19-28(40)39-17-13-16-26(39)31(48-8)23(5)32(41)36-25(20-49(35,45)46)18-24-14-11-10-12-15-24/h10-12,14-15,21-23,25-27,29-31,37H,9,13,16-20H2,1-8H3,(H,36,41)(H,43,44)(H2,35,45,46)/t22-,23+,25-,26-,27+,29-,30-,31+/m0/s1. The number of amides is 4. The van der Waals surface area contributed by atoms with Crippen LogP contribution in [0.2, 0.25) is 0 Å². The summed E-state index contributed by atoms with van der Waals surface area (Å²) in [5.41, 5.74) is 0.841. The minimum absolute atomic E-state index is 0.0527. The second-order valence-electron chi connectivity index (χ2n) is 13.5. The summed E-state index contributed by atoms with van der Waals surface area (Å²) in [5.74, 6) is -2.64. The molecule has 0 aliphatic carbocycles. The number of nitrogens with two attached hydrogens (primary N) is 1. The van der Waals surface area contributed by atoms with Crippen LogP contribution in [0.15, 0.2) is 30.3 Å². The number of likely N-dealkylation sites (tertiary alicyclic amines) is 1. The Hall–Kier alpha value is -3.27. The lowest BCUT2D eigenvalue weighted by Gasteiger charge is -2.40. The van der Waals surface area contributed by atoms with Gasteiger partial charge in [0.25, 0.3) is 0 Å². The number of carbonyl (C=O) groups excluding carboxylic acids is 3. The highest BCUT2D eigenvalue weighted by molar-refractivity contribution is 7.89. The average Bonchev–Trinajstić information content (AvgIpc) is 3.52. The van der Waals surface area contributed by atoms with Crippen molar-refractivity contribution in [3.63, 3.8) is 0 Å². The summed E-state index contributed by atoms with van der Waals surface area (Å²) in [7, 11) is 0.677. The maximum atomic E-state index is 14.0. The van der Waals surface area contributed by atoms with Gasteiger partial charge in [-0.05, 0) is 36.7 Å². The number of ether oxygens (including phenoxy) is 2. The lowest BCUT2D eigenvalue weighted by Crippen LogP contribution is -2.57. The number of methoxy groups -OCH3 is 2. The van der Waals surface area contributed by atoms with Crippen molar-refractivity contribution in [3.05, 3.63) is 35.9 Å². The Morgan fingerprint density at radius 3 is 2.20 bits per heavy atom. The number of likely N-dealkylation sites (N-methyl/N-ethyl adjacent to an activating group) is 1. The van der Waals surface area contributed by atoms with Gasteiger partial charge in [0, 0.05) is 33.9 Å². The van der Waals surface area contributed by atoms with Crippen molar-refractivity contribution in [2.24, 2.45) is 22.9 Å². The zero-order chi connectivity index (χ0) is 37.1. The summed E-state index contributed by atoms with van der Waals surface area (Å²) in [4.78, 5) is 55.8. The number of carboxylic acid groups (broad SMARTS) is 1. The smallest absolute Gasteiger partial charge is 0.405 e. The fourth-order valence-electron chi connectivity index (χ4n) is 6.84. The molecule has 2 rings (SSSR count). The van der Waals surface area contributed by atoms with Gasteiger partial charge in [0.2, 0.25) is 27.7 Å². The third-order valence-corrected chi connectivity index (χ3v) is 10.4. The van der Waals surface area contributed by atoms with E-state index in [1.165, 1.54) is 19.1 Å². The number of benzene rings is 1. The molecule has 1 aliphatic heterocycles. The second-order valence-corrected chi connectivity index (χ2v) is 15.1. The first kappa shape index (κ1) is 41.9. The number of sulfonamides is 1. The Kier molecular flexibility index (Phi) is 16.4. The zero-order valence-corrected chi connectivity index (χ0v) is 30.9. The number of rotatable bonds is 19. The topological polar surface area (TPSA) is 198 Å². The van der Waals surface area contributed by atoms with Crippen LogP contribution in [0, 0.1) is 17.8 Å². The molecule has 0 saturated carbocycles. The van der Waals surface area contributed by atoms with Gasteiger partial charge in [-0.3, -0.25) is 14.4 Å². The number of carbonyl (C=O) groups is 4. The molecular formula is C34H57N5O9S. The predicted octanol–water partition coefficient (Wildman–Crippen LogP) is 2.21. The van der Waals surface area contributed by atoms with Crippen LogP contribution in [0.1, 0.15) is 65.9 Å². The molecule has 1 aliphatic rings. The minimum Gasteiger partial charge on any atom is -0.465 e. The van der Waals surface area contributed by atoms with Crippen LogP contribution in [0.25, 0.3) is 0 Å². The highest BCUT2D eigenvalue weighted by atomic mass is 32.2. The molecule has 0 aromatic heterocycles. The summed E-state index contributed by atoms with van der Waals surface area (Å²) in [6, 6.07) is 6.46. The molecule has 5 N–H and O–H groups in total. The largest absolute Gasteiger partial charge is 0.465 e. The Morgan fingerprint density at radius 1 is 1.06 bits per heavy atom. The summed E-state index contributed by atoms with van der Waals surface area (Å²) >= 11 is 0. The van der Waals surface area contributed by atoms with Crippen molar-refractivity contribution in [1.82, 2.24) is 20.4 Å². The van der Waals surface area contributed by atoms with E-state index >= 15 is 0 Å². The highest BCUT2D eigenvalue weighted by Gasteiger charge is 2.43. The maximum Gasteiger partial charge on any atom is 0.405 e. The van der Waals surface area contributed by atoms with Crippen LogP contribution in [0.4, 0.5) is 4.79 Å². The lowest BCUT2D eigenvalue weighted by atomic mass is 9.89. The van der Waals surface area contributed by atoms with E-state index in [9.17, 15) is 32.7 Å². The van der Waals surface area contributed by atoms with E-state index in [1.807, 2.05) is 44.2 Å². The SMILES string of the molecule is CC[C@H](C)[C@@H]([C@@H](CC(=O)N1CCC[C@H]1[C@H](OC)[C@@H](C)C(=O)N[C@@H](Cc1ccccc1)CS(N)(=O)=O)OC)N(C)C(=O)[C@@H](NC(=O)O)C(C)C. The first-order valence-electron chi connectivity index (χ1n) is 16.9. The quantitative estimate of drug-likeness (QED) is 0.166. The van der Waals surface area contributed by atoms with Gasteiger partial charge in [0.1, 0.15) is 6.04 Å². The van der Waals surface area contributed by atoms with Crippen molar-refractivity contribution in [1.29, 1.82) is 0 Å². The van der Waals surface area contributed by atoms with Crippen LogP contribution in [-0.2, 0) is 40.3 Å². The van der Waals surface area contributed by atoms with Gasteiger partial charge in [-0.1, -0.05) is 71.4 Å². The van der Waals surface area contributed by atoms with Crippen molar-refractivity contribution < 1.29 is 42.2 Å². The van der Waals surface area contributed by atoms with Crippen LogP contribution in [0.5, 0.6) is 0 Å². The molecule has 0 bridgehead atoms. The molecule has 8 atom stereocenters. The van der Waals surface area contributed by atoms with Gasteiger partial charge in [-0.2, -0.15) is 0 Å². The van der Waals surface area contributed by atoms with E-state index in [2.05, 4.69) is 10.6 Å². The van der Waals surface area contributed by atoms with E-state index in [-0.39, 0.29) is 30.6 Å². The third kappa shape index (κ3) is 12.2. The fourth-order valence-corrected chi connectivity index (χ4v) is 7.60. The molecule has 278 valence electrons. The van der Waals surface area contributed by atoms with Gasteiger partial charge in [-0.25, -0.2) is 18.4 Å². The van der Waals surface area contributed by atoms with E-state index in [0.717, 1.165) is 5.56 Å². The van der Waals surface area contributed by atoms with E-state index in [1.54, 1.807) is 32.7 Å². The van der Waals surface area contributed by atoms with Crippen LogP contribution in [-0.4, -0.2) is 117 Å².